The van der Waals surface area contributed by atoms with E-state index in [4.69, 9.17) is 4.74 Å². The van der Waals surface area contributed by atoms with Gasteiger partial charge in [0.05, 0.1) is 6.10 Å². The summed E-state index contributed by atoms with van der Waals surface area (Å²) < 4.78 is 5.69. The van der Waals surface area contributed by atoms with Crippen molar-refractivity contribution in [3.05, 3.63) is 29.3 Å². The Hall–Kier alpha value is -1.55. The van der Waals surface area contributed by atoms with E-state index in [0.29, 0.717) is 5.75 Å². The van der Waals surface area contributed by atoms with Gasteiger partial charge in [0.1, 0.15) is 5.75 Å². The summed E-state index contributed by atoms with van der Waals surface area (Å²) in [6.07, 6.45) is -1.07. The lowest BCUT2D eigenvalue weighted by Crippen LogP contribution is -2.46. The number of carbonyl (C=O) groups excluding carboxylic acids is 1. The van der Waals surface area contributed by atoms with Crippen LogP contribution >= 0.6 is 0 Å². The van der Waals surface area contributed by atoms with Crippen LogP contribution in [-0.2, 0) is 4.79 Å². The van der Waals surface area contributed by atoms with Crippen molar-refractivity contribution in [3.63, 3.8) is 0 Å². The second kappa shape index (κ2) is 6.27. The molecule has 2 unspecified atom stereocenters. The molecule has 4 heteroatoms. The van der Waals surface area contributed by atoms with Crippen LogP contribution in [0.15, 0.2) is 18.2 Å². The highest BCUT2D eigenvalue weighted by Crippen LogP contribution is 2.23. The molecule has 2 atom stereocenters. The lowest BCUT2D eigenvalue weighted by Gasteiger charge is -2.24. The molecule has 0 aliphatic rings. The predicted octanol–water partition coefficient (Wildman–Crippen LogP) is 2.73. The van der Waals surface area contributed by atoms with Gasteiger partial charge in [-0.25, -0.2) is 0 Å². The van der Waals surface area contributed by atoms with Crippen LogP contribution in [0.4, 0.5) is 0 Å². The van der Waals surface area contributed by atoms with Crippen molar-refractivity contribution in [1.29, 1.82) is 0 Å². The Kier molecular flexibility index (Phi) is 5.17. The Morgan fingerprint density at radius 2 is 1.90 bits per heavy atom. The predicted molar refractivity (Wildman–Crippen MR) is 79.8 cm³/mol. The van der Waals surface area contributed by atoms with Gasteiger partial charge in [0.25, 0.3) is 5.91 Å². The molecule has 0 aliphatic carbocycles. The summed E-state index contributed by atoms with van der Waals surface area (Å²) >= 11 is 0. The summed E-state index contributed by atoms with van der Waals surface area (Å²) in [5.74, 6) is 0.516. The average molecular weight is 279 g/mol. The first-order valence-electron chi connectivity index (χ1n) is 6.87. The molecule has 0 aromatic heterocycles. The third-order valence-corrected chi connectivity index (χ3v) is 2.85. The van der Waals surface area contributed by atoms with Gasteiger partial charge in [0.2, 0.25) is 0 Å². The zero-order chi connectivity index (χ0) is 15.5. The normalized spacial score (nSPS) is 14.6. The monoisotopic (exact) mass is 279 g/mol. The lowest BCUT2D eigenvalue weighted by atomic mass is 10.1. The zero-order valence-corrected chi connectivity index (χ0v) is 13.2. The zero-order valence-electron chi connectivity index (χ0n) is 13.2. The van der Waals surface area contributed by atoms with E-state index in [1.165, 1.54) is 0 Å². The molecule has 0 aliphatic heterocycles. The van der Waals surface area contributed by atoms with Gasteiger partial charge in [-0.05, 0) is 64.8 Å². The van der Waals surface area contributed by atoms with Gasteiger partial charge in [0, 0.05) is 5.54 Å². The first-order valence-corrected chi connectivity index (χ1v) is 6.87. The van der Waals surface area contributed by atoms with E-state index in [9.17, 15) is 9.90 Å². The summed E-state index contributed by atoms with van der Waals surface area (Å²) in [7, 11) is 0. The van der Waals surface area contributed by atoms with Gasteiger partial charge in [-0.1, -0.05) is 6.07 Å². The molecule has 112 valence electrons. The molecular weight excluding hydrogens is 254 g/mol. The highest BCUT2D eigenvalue weighted by atomic mass is 16.5. The number of hydrogen-bond acceptors (Lipinski definition) is 3. The molecule has 0 saturated heterocycles. The molecule has 0 saturated carbocycles. The number of ether oxygens (including phenoxy) is 1. The molecule has 0 fully saturated rings. The van der Waals surface area contributed by atoms with Crippen LogP contribution in [0.2, 0.25) is 0 Å². The van der Waals surface area contributed by atoms with Gasteiger partial charge >= 0.3 is 0 Å². The summed E-state index contributed by atoms with van der Waals surface area (Å²) in [5.41, 5.74) is 1.46. The van der Waals surface area contributed by atoms with Crippen molar-refractivity contribution >= 4 is 5.91 Å². The minimum absolute atomic E-state index is 0.142. The topological polar surface area (TPSA) is 58.6 Å². The van der Waals surface area contributed by atoms with Crippen molar-refractivity contribution in [2.45, 2.75) is 59.3 Å². The lowest BCUT2D eigenvalue weighted by molar-refractivity contribution is -0.128. The Labute approximate surface area is 121 Å². The van der Waals surface area contributed by atoms with E-state index in [-0.39, 0.29) is 11.4 Å². The van der Waals surface area contributed by atoms with Gasteiger partial charge in [-0.15, -0.1) is 0 Å². The molecular formula is C16H25NO3. The van der Waals surface area contributed by atoms with Crippen molar-refractivity contribution < 1.29 is 14.6 Å². The van der Waals surface area contributed by atoms with Crippen LogP contribution in [0.1, 0.15) is 51.8 Å². The smallest absolute Gasteiger partial charge is 0.261 e. The molecule has 0 spiro atoms. The van der Waals surface area contributed by atoms with E-state index in [2.05, 4.69) is 5.32 Å². The van der Waals surface area contributed by atoms with Gasteiger partial charge < -0.3 is 15.2 Å². The number of rotatable bonds is 4. The van der Waals surface area contributed by atoms with Crippen molar-refractivity contribution in [1.82, 2.24) is 5.32 Å². The van der Waals surface area contributed by atoms with Gasteiger partial charge in [-0.2, -0.15) is 0 Å². The number of nitrogens with one attached hydrogen (secondary N) is 1. The second-order valence-corrected chi connectivity index (χ2v) is 6.20. The second-order valence-electron chi connectivity index (χ2n) is 6.20. The van der Waals surface area contributed by atoms with E-state index < -0.39 is 12.2 Å². The Bertz CT molecular complexity index is 475. The number of aliphatic hydroxyl groups excluding tert-OH is 1. The molecule has 0 radical (unpaired) electrons. The molecule has 1 amide bonds. The highest BCUT2D eigenvalue weighted by Gasteiger charge is 2.21. The fourth-order valence-corrected chi connectivity index (χ4v) is 1.78. The van der Waals surface area contributed by atoms with Crippen LogP contribution < -0.4 is 10.1 Å². The minimum atomic E-state index is -0.565. The van der Waals surface area contributed by atoms with E-state index in [0.717, 1.165) is 11.1 Å². The summed E-state index contributed by atoms with van der Waals surface area (Å²) in [5, 5.41) is 12.4. The minimum Gasteiger partial charge on any atom is -0.481 e. The molecule has 0 bridgehead atoms. The van der Waals surface area contributed by atoms with Crippen LogP contribution in [-0.4, -0.2) is 22.7 Å². The Morgan fingerprint density at radius 3 is 2.35 bits per heavy atom. The summed E-state index contributed by atoms with van der Waals surface area (Å²) in [4.78, 5) is 12.0. The fraction of sp³-hybridized carbons (Fsp3) is 0.562. The molecule has 2 N–H and O–H groups in total. The fourth-order valence-electron chi connectivity index (χ4n) is 1.78. The largest absolute Gasteiger partial charge is 0.481 e. The Balaban J connectivity index is 2.76. The first-order chi connectivity index (χ1) is 9.10. The average Bonchev–Trinajstić information content (AvgIpc) is 2.29. The maximum Gasteiger partial charge on any atom is 0.261 e. The van der Waals surface area contributed by atoms with Crippen molar-refractivity contribution in [2.75, 3.05) is 0 Å². The number of hydrogen-bond donors (Lipinski definition) is 2. The number of amides is 1. The van der Waals surface area contributed by atoms with Crippen LogP contribution in [0, 0.1) is 6.92 Å². The first kappa shape index (κ1) is 16.5. The quantitative estimate of drug-likeness (QED) is 0.891. The van der Waals surface area contributed by atoms with Crippen LogP contribution in [0.5, 0.6) is 5.75 Å². The highest BCUT2D eigenvalue weighted by molar-refractivity contribution is 5.81. The van der Waals surface area contributed by atoms with E-state index >= 15 is 0 Å². The standard InChI is InChI=1S/C16H25NO3/c1-10-9-13(11(2)18)7-8-14(10)20-12(3)15(19)17-16(4,5)6/h7-9,11-12,18H,1-6H3,(H,17,19). The maximum atomic E-state index is 12.0. The van der Waals surface area contributed by atoms with Crippen LogP contribution in [0.25, 0.3) is 0 Å². The maximum absolute atomic E-state index is 12.0. The van der Waals surface area contributed by atoms with Gasteiger partial charge in [0.15, 0.2) is 6.10 Å². The third-order valence-electron chi connectivity index (χ3n) is 2.85. The van der Waals surface area contributed by atoms with Crippen molar-refractivity contribution in [3.8, 4) is 5.75 Å². The molecule has 4 nitrogen and oxygen atoms in total. The summed E-state index contributed by atoms with van der Waals surface area (Å²) in [6.45, 7) is 11.1. The molecule has 0 heterocycles. The van der Waals surface area contributed by atoms with Gasteiger partial charge in [-0.3, -0.25) is 4.79 Å². The number of aliphatic hydroxyl groups is 1. The number of carbonyl (C=O) groups is 1. The molecule has 1 aromatic carbocycles. The Morgan fingerprint density at radius 1 is 1.30 bits per heavy atom. The summed E-state index contributed by atoms with van der Waals surface area (Å²) in [6, 6.07) is 5.47. The van der Waals surface area contributed by atoms with E-state index in [1.54, 1.807) is 26.0 Å². The van der Waals surface area contributed by atoms with E-state index in [1.807, 2.05) is 33.8 Å². The molecule has 1 aromatic rings. The number of aryl methyl sites for hydroxylation is 1. The number of benzene rings is 1. The third kappa shape index (κ3) is 4.85. The molecule has 1 rings (SSSR count). The SMILES string of the molecule is Cc1cc(C(C)O)ccc1OC(C)C(=O)NC(C)(C)C. The molecule has 20 heavy (non-hydrogen) atoms. The van der Waals surface area contributed by atoms with Crippen LogP contribution in [0.3, 0.4) is 0 Å². The van der Waals surface area contributed by atoms with Crippen molar-refractivity contribution in [2.24, 2.45) is 0 Å².